The van der Waals surface area contributed by atoms with Crippen molar-refractivity contribution in [3.63, 3.8) is 0 Å². The number of carbonyl (C=O) groups excluding carboxylic acids is 2. The highest BCUT2D eigenvalue weighted by molar-refractivity contribution is 6.31. The van der Waals surface area contributed by atoms with Gasteiger partial charge in [-0.25, -0.2) is 0 Å². The van der Waals surface area contributed by atoms with E-state index in [1.54, 1.807) is 31.2 Å². The molecule has 5 nitrogen and oxygen atoms in total. The zero-order valence-electron chi connectivity index (χ0n) is 15.7. The molecule has 0 atom stereocenters. The summed E-state index contributed by atoms with van der Waals surface area (Å²) in [4.78, 5) is 28.8. The normalized spacial score (nSPS) is 11.4. The van der Waals surface area contributed by atoms with E-state index in [4.69, 9.17) is 16.3 Å². The van der Waals surface area contributed by atoms with Crippen LogP contribution in [0.15, 0.2) is 48.5 Å². The number of esters is 1. The van der Waals surface area contributed by atoms with Gasteiger partial charge in [-0.1, -0.05) is 29.8 Å². The lowest BCUT2D eigenvalue weighted by Gasteiger charge is -2.12. The number of nitrogens with zero attached hydrogens (tertiary/aromatic N) is 1. The van der Waals surface area contributed by atoms with Gasteiger partial charge in [-0.3, -0.25) is 14.6 Å². The third kappa shape index (κ3) is 4.88. The summed E-state index contributed by atoms with van der Waals surface area (Å²) >= 11 is 5.61. The van der Waals surface area contributed by atoms with Crippen molar-refractivity contribution < 1.29 is 27.5 Å². The van der Waals surface area contributed by atoms with Gasteiger partial charge in [-0.05, 0) is 37.3 Å². The van der Waals surface area contributed by atoms with Crippen LogP contribution in [0.25, 0.3) is 10.9 Å². The van der Waals surface area contributed by atoms with Crippen LogP contribution in [-0.4, -0.2) is 23.5 Å². The Morgan fingerprint density at radius 1 is 1.13 bits per heavy atom. The summed E-state index contributed by atoms with van der Waals surface area (Å²) in [6, 6.07) is 11.3. The number of aromatic nitrogens is 1. The molecule has 0 spiro atoms. The summed E-state index contributed by atoms with van der Waals surface area (Å²) in [7, 11) is 0. The molecule has 0 aliphatic rings. The summed E-state index contributed by atoms with van der Waals surface area (Å²) in [6.45, 7) is 1.93. The number of amides is 1. The minimum atomic E-state index is -4.65. The average Bonchev–Trinajstić information content (AvgIpc) is 2.68. The zero-order valence-corrected chi connectivity index (χ0v) is 16.5. The van der Waals surface area contributed by atoms with Crippen LogP contribution in [0.1, 0.15) is 28.5 Å². The molecular weight excluding hydrogens is 421 g/mol. The van der Waals surface area contributed by atoms with Crippen molar-refractivity contribution in [2.45, 2.75) is 19.5 Å². The molecule has 0 bridgehead atoms. The molecular formula is C21H16ClF3N2O3. The Labute approximate surface area is 174 Å². The van der Waals surface area contributed by atoms with E-state index >= 15 is 0 Å². The molecule has 2 aromatic carbocycles. The molecule has 1 heterocycles. The van der Waals surface area contributed by atoms with E-state index < -0.39 is 28.6 Å². The molecule has 30 heavy (non-hydrogen) atoms. The Kier molecular flexibility index (Phi) is 6.26. The molecule has 156 valence electrons. The fourth-order valence-electron chi connectivity index (χ4n) is 2.85. The predicted molar refractivity (Wildman–Crippen MR) is 106 cm³/mol. The van der Waals surface area contributed by atoms with E-state index in [2.05, 4.69) is 10.3 Å². The van der Waals surface area contributed by atoms with Gasteiger partial charge in [0.15, 0.2) is 0 Å². The summed E-state index contributed by atoms with van der Waals surface area (Å²) in [5.41, 5.74) is -0.221. The molecule has 1 N–H and O–H groups in total. The van der Waals surface area contributed by atoms with Crippen LogP contribution in [0, 0.1) is 0 Å². The SMILES string of the molecule is CCOC(=O)Cc1ccc2cccc(C(=O)Nc3ccc(Cl)c(C(F)(F)F)c3)c2n1. The fraction of sp³-hybridized carbons (Fsp3) is 0.190. The second-order valence-electron chi connectivity index (χ2n) is 6.31. The van der Waals surface area contributed by atoms with E-state index in [0.29, 0.717) is 16.6 Å². The van der Waals surface area contributed by atoms with Crippen molar-refractivity contribution in [1.29, 1.82) is 0 Å². The molecule has 0 radical (unpaired) electrons. The highest BCUT2D eigenvalue weighted by Gasteiger charge is 2.33. The number of nitrogens with one attached hydrogen (secondary N) is 1. The van der Waals surface area contributed by atoms with Gasteiger partial charge < -0.3 is 10.1 Å². The highest BCUT2D eigenvalue weighted by atomic mass is 35.5. The number of hydrogen-bond donors (Lipinski definition) is 1. The third-order valence-electron chi connectivity index (χ3n) is 4.18. The topological polar surface area (TPSA) is 68.3 Å². The molecule has 1 amide bonds. The smallest absolute Gasteiger partial charge is 0.417 e. The number of halogens is 4. The van der Waals surface area contributed by atoms with Gasteiger partial charge in [0.1, 0.15) is 0 Å². The average molecular weight is 437 g/mol. The Balaban J connectivity index is 1.92. The second-order valence-corrected chi connectivity index (χ2v) is 6.72. The molecule has 0 fully saturated rings. The quantitative estimate of drug-likeness (QED) is 0.553. The first-order chi connectivity index (χ1) is 14.2. The van der Waals surface area contributed by atoms with E-state index in [1.807, 2.05) is 0 Å². The van der Waals surface area contributed by atoms with Crippen LogP contribution in [0.2, 0.25) is 5.02 Å². The van der Waals surface area contributed by atoms with Crippen molar-refractivity contribution in [2.24, 2.45) is 0 Å². The number of benzene rings is 2. The van der Waals surface area contributed by atoms with Gasteiger partial charge in [-0.15, -0.1) is 0 Å². The molecule has 0 saturated heterocycles. The zero-order chi connectivity index (χ0) is 21.9. The van der Waals surface area contributed by atoms with Gasteiger partial charge in [0.05, 0.1) is 40.4 Å². The minimum absolute atomic E-state index is 0.0589. The fourth-order valence-corrected chi connectivity index (χ4v) is 3.07. The van der Waals surface area contributed by atoms with Crippen molar-refractivity contribution in [3.8, 4) is 0 Å². The maximum atomic E-state index is 13.1. The lowest BCUT2D eigenvalue weighted by atomic mass is 10.1. The number of para-hydroxylation sites is 1. The largest absolute Gasteiger partial charge is 0.466 e. The molecule has 1 aromatic heterocycles. The number of hydrogen-bond acceptors (Lipinski definition) is 4. The number of rotatable bonds is 5. The van der Waals surface area contributed by atoms with Crippen molar-refractivity contribution in [2.75, 3.05) is 11.9 Å². The van der Waals surface area contributed by atoms with Crippen LogP contribution >= 0.6 is 11.6 Å². The van der Waals surface area contributed by atoms with E-state index in [0.717, 1.165) is 12.1 Å². The highest BCUT2D eigenvalue weighted by Crippen LogP contribution is 2.36. The number of fused-ring (bicyclic) bond motifs is 1. The Morgan fingerprint density at radius 2 is 1.90 bits per heavy atom. The van der Waals surface area contributed by atoms with Crippen molar-refractivity contribution >= 4 is 40.1 Å². The number of pyridine rings is 1. The van der Waals surface area contributed by atoms with Gasteiger partial charge >= 0.3 is 12.1 Å². The van der Waals surface area contributed by atoms with Gasteiger partial charge in [0, 0.05) is 11.1 Å². The first-order valence-electron chi connectivity index (χ1n) is 8.91. The van der Waals surface area contributed by atoms with Crippen LogP contribution < -0.4 is 5.32 Å². The maximum absolute atomic E-state index is 13.1. The van der Waals surface area contributed by atoms with E-state index in [1.165, 1.54) is 12.1 Å². The molecule has 9 heteroatoms. The number of anilines is 1. The molecule has 0 aliphatic carbocycles. The van der Waals surface area contributed by atoms with Crippen LogP contribution in [-0.2, 0) is 22.1 Å². The van der Waals surface area contributed by atoms with E-state index in [9.17, 15) is 22.8 Å². The van der Waals surface area contributed by atoms with Gasteiger partial charge in [0.2, 0.25) is 0 Å². The standard InChI is InChI=1S/C21H16ClF3N2O3/c1-2-30-18(28)11-14-7-6-12-4-3-5-15(19(12)26-14)20(29)27-13-8-9-17(22)16(10-13)21(23,24)25/h3-10H,2,11H2,1H3,(H,27,29). The monoisotopic (exact) mass is 436 g/mol. The molecule has 0 unspecified atom stereocenters. The third-order valence-corrected chi connectivity index (χ3v) is 4.51. The molecule has 0 saturated carbocycles. The lowest BCUT2D eigenvalue weighted by molar-refractivity contribution is -0.142. The summed E-state index contributed by atoms with van der Waals surface area (Å²) in [6.07, 6.45) is -4.72. The predicted octanol–water partition coefficient (Wildman–Crippen LogP) is 5.26. The van der Waals surface area contributed by atoms with Crippen LogP contribution in [0.5, 0.6) is 0 Å². The molecule has 3 rings (SSSR count). The Hall–Kier alpha value is -3.13. The Morgan fingerprint density at radius 3 is 2.60 bits per heavy atom. The van der Waals surface area contributed by atoms with Crippen LogP contribution in [0.3, 0.4) is 0 Å². The number of ether oxygens (including phenoxy) is 1. The summed E-state index contributed by atoms with van der Waals surface area (Å²) < 4.78 is 44.1. The van der Waals surface area contributed by atoms with Gasteiger partial charge in [-0.2, -0.15) is 13.2 Å². The van der Waals surface area contributed by atoms with Crippen molar-refractivity contribution in [3.05, 3.63) is 70.4 Å². The first kappa shape index (κ1) is 21.6. The molecule has 0 aliphatic heterocycles. The van der Waals surface area contributed by atoms with Crippen LogP contribution in [0.4, 0.5) is 18.9 Å². The lowest BCUT2D eigenvalue weighted by Crippen LogP contribution is -2.15. The maximum Gasteiger partial charge on any atom is 0.417 e. The molecule has 3 aromatic rings. The summed E-state index contributed by atoms with van der Waals surface area (Å²) in [5, 5.41) is 2.62. The second kappa shape index (κ2) is 8.71. The number of carbonyl (C=O) groups is 2. The van der Waals surface area contributed by atoms with E-state index in [-0.39, 0.29) is 24.3 Å². The van der Waals surface area contributed by atoms with Gasteiger partial charge in [0.25, 0.3) is 5.91 Å². The Bertz CT molecular complexity index is 1120. The minimum Gasteiger partial charge on any atom is -0.466 e. The van der Waals surface area contributed by atoms with Crippen molar-refractivity contribution in [1.82, 2.24) is 4.98 Å². The first-order valence-corrected chi connectivity index (χ1v) is 9.29. The summed E-state index contributed by atoms with van der Waals surface area (Å²) in [5.74, 6) is -1.09. The number of alkyl halides is 3.